The lowest BCUT2D eigenvalue weighted by atomic mass is 9.91. The smallest absolute Gasteiger partial charge is 0.0583 e. The van der Waals surface area contributed by atoms with Crippen LogP contribution in [0.5, 0.6) is 0 Å². The molecule has 1 N–H and O–H groups in total. The molecule has 0 aromatic heterocycles. The monoisotopic (exact) mass is 261 g/mol. The summed E-state index contributed by atoms with van der Waals surface area (Å²) in [5.74, 6) is 0.668. The number of aryl methyl sites for hydroxylation is 1. The molecular formula is C17H27NO. The lowest BCUT2D eigenvalue weighted by Crippen LogP contribution is -2.25. The molecule has 1 aliphatic heterocycles. The molecule has 106 valence electrons. The minimum absolute atomic E-state index is 0.457. The molecule has 0 saturated carbocycles. The lowest BCUT2D eigenvalue weighted by Gasteiger charge is -2.21. The van der Waals surface area contributed by atoms with Gasteiger partial charge in [0, 0.05) is 0 Å². The highest BCUT2D eigenvalue weighted by Gasteiger charge is 2.25. The fourth-order valence-electron chi connectivity index (χ4n) is 3.11. The molecule has 0 spiro atoms. The highest BCUT2D eigenvalue weighted by molar-refractivity contribution is 5.26. The molecule has 2 rings (SSSR count). The van der Waals surface area contributed by atoms with Crippen LogP contribution in [0.4, 0.5) is 0 Å². The molecule has 1 fully saturated rings. The zero-order valence-electron chi connectivity index (χ0n) is 12.5. The first kappa shape index (κ1) is 14.5. The highest BCUT2D eigenvalue weighted by atomic mass is 16.5. The Bertz CT molecular complexity index is 391. The zero-order chi connectivity index (χ0) is 13.7. The van der Waals surface area contributed by atoms with E-state index in [1.807, 2.05) is 7.05 Å². The van der Waals surface area contributed by atoms with Crippen molar-refractivity contribution in [1.82, 2.24) is 5.32 Å². The van der Waals surface area contributed by atoms with Crippen LogP contribution in [-0.2, 0) is 11.2 Å². The summed E-state index contributed by atoms with van der Waals surface area (Å²) in [6.07, 6.45) is 5.72. The fraction of sp³-hybridized carbons (Fsp3) is 0.647. The molecule has 1 aromatic rings. The van der Waals surface area contributed by atoms with Crippen molar-refractivity contribution in [2.45, 2.75) is 51.7 Å². The predicted molar refractivity (Wildman–Crippen MR) is 80.5 cm³/mol. The van der Waals surface area contributed by atoms with Crippen molar-refractivity contribution in [2.75, 3.05) is 13.6 Å². The first-order chi connectivity index (χ1) is 9.19. The molecule has 1 heterocycles. The number of rotatable bonds is 6. The van der Waals surface area contributed by atoms with Crippen molar-refractivity contribution in [1.29, 1.82) is 0 Å². The van der Waals surface area contributed by atoms with Crippen molar-refractivity contribution in [3.8, 4) is 0 Å². The van der Waals surface area contributed by atoms with E-state index in [1.165, 1.54) is 30.4 Å². The van der Waals surface area contributed by atoms with E-state index in [-0.39, 0.29) is 0 Å². The van der Waals surface area contributed by atoms with E-state index in [0.717, 1.165) is 13.0 Å². The minimum atomic E-state index is 0.457. The van der Waals surface area contributed by atoms with Crippen molar-refractivity contribution < 1.29 is 4.74 Å². The average Bonchev–Trinajstić information content (AvgIpc) is 2.78. The molecule has 0 amide bonds. The van der Waals surface area contributed by atoms with Crippen molar-refractivity contribution in [2.24, 2.45) is 5.92 Å². The Labute approximate surface area is 117 Å². The largest absolute Gasteiger partial charge is 0.375 e. The van der Waals surface area contributed by atoms with Gasteiger partial charge >= 0.3 is 0 Å². The van der Waals surface area contributed by atoms with Crippen molar-refractivity contribution >= 4 is 0 Å². The Morgan fingerprint density at radius 2 is 2.11 bits per heavy atom. The molecule has 0 radical (unpaired) electrons. The van der Waals surface area contributed by atoms with Gasteiger partial charge in [-0.2, -0.15) is 0 Å². The van der Waals surface area contributed by atoms with Crippen LogP contribution in [0.1, 0.15) is 37.3 Å². The van der Waals surface area contributed by atoms with Gasteiger partial charge in [-0.15, -0.1) is 0 Å². The summed E-state index contributed by atoms with van der Waals surface area (Å²) >= 11 is 0. The number of benzene rings is 1. The van der Waals surface area contributed by atoms with E-state index in [4.69, 9.17) is 4.74 Å². The summed E-state index contributed by atoms with van der Waals surface area (Å²) in [7, 11) is 2.04. The van der Waals surface area contributed by atoms with E-state index in [2.05, 4.69) is 43.4 Å². The maximum Gasteiger partial charge on any atom is 0.0583 e. The van der Waals surface area contributed by atoms with E-state index < -0.39 is 0 Å². The van der Waals surface area contributed by atoms with E-state index >= 15 is 0 Å². The van der Waals surface area contributed by atoms with Gasteiger partial charge in [-0.3, -0.25) is 0 Å². The summed E-state index contributed by atoms with van der Waals surface area (Å²) in [6, 6.07) is 8.73. The van der Waals surface area contributed by atoms with E-state index in [0.29, 0.717) is 18.1 Å². The van der Waals surface area contributed by atoms with Gasteiger partial charge in [-0.05, 0) is 70.2 Å². The molecule has 1 saturated heterocycles. The van der Waals surface area contributed by atoms with Gasteiger partial charge < -0.3 is 10.1 Å². The normalized spacial score (nSPS) is 24.6. The van der Waals surface area contributed by atoms with Crippen LogP contribution >= 0.6 is 0 Å². The number of hydrogen-bond donors (Lipinski definition) is 1. The molecule has 1 aliphatic rings. The van der Waals surface area contributed by atoms with Gasteiger partial charge in [0.2, 0.25) is 0 Å². The van der Waals surface area contributed by atoms with Crippen LogP contribution in [0, 0.1) is 12.8 Å². The summed E-state index contributed by atoms with van der Waals surface area (Å²) in [6.45, 7) is 5.47. The number of hydrogen-bond acceptors (Lipinski definition) is 2. The van der Waals surface area contributed by atoms with Gasteiger partial charge in [-0.1, -0.05) is 24.3 Å². The lowest BCUT2D eigenvalue weighted by molar-refractivity contribution is 0.0409. The summed E-state index contributed by atoms with van der Waals surface area (Å²) in [4.78, 5) is 0. The molecule has 3 unspecified atom stereocenters. The second-order valence-electron chi connectivity index (χ2n) is 5.94. The first-order valence-corrected chi connectivity index (χ1v) is 7.53. The molecule has 0 aliphatic carbocycles. The molecule has 1 aromatic carbocycles. The predicted octanol–water partition coefficient (Wildman–Crippen LogP) is 3.33. The zero-order valence-corrected chi connectivity index (χ0v) is 12.5. The Kier molecular flexibility index (Phi) is 5.41. The van der Waals surface area contributed by atoms with Crippen LogP contribution in [0.15, 0.2) is 24.3 Å². The van der Waals surface area contributed by atoms with Gasteiger partial charge in [0.1, 0.15) is 0 Å². The van der Waals surface area contributed by atoms with Gasteiger partial charge in [0.05, 0.1) is 12.2 Å². The van der Waals surface area contributed by atoms with Gasteiger partial charge in [-0.25, -0.2) is 0 Å². The molecule has 0 bridgehead atoms. The SMILES string of the molecule is CNCC(Cc1ccccc1C)CC1CCC(C)O1. The third-order valence-electron chi connectivity index (χ3n) is 4.18. The first-order valence-electron chi connectivity index (χ1n) is 7.53. The van der Waals surface area contributed by atoms with E-state index in [9.17, 15) is 0 Å². The third kappa shape index (κ3) is 4.32. The van der Waals surface area contributed by atoms with Crippen LogP contribution in [0.2, 0.25) is 0 Å². The molecular weight excluding hydrogens is 234 g/mol. The van der Waals surface area contributed by atoms with Crippen molar-refractivity contribution in [3.63, 3.8) is 0 Å². The standard InChI is InChI=1S/C17H27NO/c1-13-6-4-5-7-16(13)10-15(12-18-3)11-17-9-8-14(2)19-17/h4-7,14-15,17-18H,8-12H2,1-3H3. The summed E-state index contributed by atoms with van der Waals surface area (Å²) in [5, 5.41) is 3.34. The quantitative estimate of drug-likeness (QED) is 0.848. The Morgan fingerprint density at radius 1 is 1.32 bits per heavy atom. The van der Waals surface area contributed by atoms with Gasteiger partial charge in [0.25, 0.3) is 0 Å². The second-order valence-corrected chi connectivity index (χ2v) is 5.94. The average molecular weight is 261 g/mol. The van der Waals surface area contributed by atoms with Gasteiger partial charge in [0.15, 0.2) is 0 Å². The number of ether oxygens (including phenoxy) is 1. The highest BCUT2D eigenvalue weighted by Crippen LogP contribution is 2.26. The summed E-state index contributed by atoms with van der Waals surface area (Å²) in [5.41, 5.74) is 2.89. The maximum atomic E-state index is 5.98. The molecule has 2 nitrogen and oxygen atoms in total. The second kappa shape index (κ2) is 7.06. The van der Waals surface area contributed by atoms with E-state index in [1.54, 1.807) is 0 Å². The Hall–Kier alpha value is -0.860. The molecule has 3 atom stereocenters. The number of nitrogens with one attached hydrogen (secondary N) is 1. The minimum Gasteiger partial charge on any atom is -0.375 e. The Morgan fingerprint density at radius 3 is 2.74 bits per heavy atom. The van der Waals surface area contributed by atoms with Crippen LogP contribution in [-0.4, -0.2) is 25.8 Å². The summed E-state index contributed by atoms with van der Waals surface area (Å²) < 4.78 is 5.98. The van der Waals surface area contributed by atoms with Crippen LogP contribution < -0.4 is 5.32 Å². The van der Waals surface area contributed by atoms with Crippen LogP contribution in [0.3, 0.4) is 0 Å². The molecule has 2 heteroatoms. The maximum absolute atomic E-state index is 5.98. The Balaban J connectivity index is 1.94. The van der Waals surface area contributed by atoms with Crippen LogP contribution in [0.25, 0.3) is 0 Å². The fourth-order valence-corrected chi connectivity index (χ4v) is 3.11. The third-order valence-corrected chi connectivity index (χ3v) is 4.18. The van der Waals surface area contributed by atoms with Crippen molar-refractivity contribution in [3.05, 3.63) is 35.4 Å². The topological polar surface area (TPSA) is 21.3 Å². The molecule has 19 heavy (non-hydrogen) atoms.